The van der Waals surface area contributed by atoms with E-state index in [1.165, 1.54) is 0 Å². The van der Waals surface area contributed by atoms with E-state index in [4.69, 9.17) is 10.8 Å². The Morgan fingerprint density at radius 1 is 1.12 bits per heavy atom. The number of aliphatic carboxylic acids is 1. The summed E-state index contributed by atoms with van der Waals surface area (Å²) in [5.41, 5.74) is 10.2. The minimum atomic E-state index is -0.959. The van der Waals surface area contributed by atoms with E-state index < -0.39 is 12.0 Å². The molecule has 1 aliphatic rings. The van der Waals surface area contributed by atoms with Gasteiger partial charge in [0.05, 0.1) is 0 Å². The van der Waals surface area contributed by atoms with Crippen LogP contribution in [-0.2, 0) is 4.79 Å². The van der Waals surface area contributed by atoms with Crippen molar-refractivity contribution in [1.82, 2.24) is 4.90 Å². The highest BCUT2D eigenvalue weighted by atomic mass is 16.4. The maximum atomic E-state index is 11.1. The van der Waals surface area contributed by atoms with E-state index >= 15 is 0 Å². The maximum absolute atomic E-state index is 11.1. The van der Waals surface area contributed by atoms with Gasteiger partial charge in [-0.25, -0.2) is 0 Å². The third-order valence-electron chi connectivity index (χ3n) is 4.65. The molecule has 0 bridgehead atoms. The fourth-order valence-electron chi connectivity index (χ4n) is 2.91. The molecule has 140 valence electrons. The van der Waals surface area contributed by atoms with Crippen molar-refractivity contribution in [3.8, 4) is 0 Å². The monoisotopic (exact) mass is 355 g/mol. The summed E-state index contributed by atoms with van der Waals surface area (Å²) in [6.07, 6.45) is 9.56. The largest absolute Gasteiger partial charge is 0.480 e. The molecule has 1 aromatic rings. The molecule has 1 aromatic carbocycles. The highest BCUT2D eigenvalue weighted by Crippen LogP contribution is 2.29. The van der Waals surface area contributed by atoms with Gasteiger partial charge in [0.2, 0.25) is 0 Å². The van der Waals surface area contributed by atoms with Crippen LogP contribution in [0.4, 0.5) is 5.69 Å². The predicted octanol–water partition coefficient (Wildman–Crippen LogP) is 2.75. The van der Waals surface area contributed by atoms with Crippen molar-refractivity contribution in [2.75, 3.05) is 33.1 Å². The van der Waals surface area contributed by atoms with Gasteiger partial charge in [0, 0.05) is 25.8 Å². The van der Waals surface area contributed by atoms with Crippen molar-refractivity contribution < 1.29 is 9.90 Å². The Morgan fingerprint density at radius 3 is 2.15 bits per heavy atom. The highest BCUT2D eigenvalue weighted by molar-refractivity contribution is 5.77. The van der Waals surface area contributed by atoms with Gasteiger partial charge in [-0.15, -0.1) is 0 Å². The molecule has 5 heteroatoms. The Morgan fingerprint density at radius 2 is 1.69 bits per heavy atom. The van der Waals surface area contributed by atoms with Crippen molar-refractivity contribution in [2.45, 2.75) is 24.9 Å². The van der Waals surface area contributed by atoms with Crippen LogP contribution in [0.2, 0.25) is 0 Å². The quantitative estimate of drug-likeness (QED) is 0.787. The summed E-state index contributed by atoms with van der Waals surface area (Å²) in [7, 11) is 8.10. The molecule has 0 radical (unpaired) electrons. The van der Waals surface area contributed by atoms with Crippen LogP contribution in [-0.4, -0.2) is 56.3 Å². The van der Waals surface area contributed by atoms with Crippen molar-refractivity contribution in [2.24, 2.45) is 5.73 Å². The number of anilines is 1. The molecule has 0 aromatic heterocycles. The predicted molar refractivity (Wildman–Crippen MR) is 108 cm³/mol. The van der Waals surface area contributed by atoms with Crippen LogP contribution in [0.25, 0.3) is 5.57 Å². The summed E-state index contributed by atoms with van der Waals surface area (Å²) in [6.45, 7) is 0. The third kappa shape index (κ3) is 5.07. The van der Waals surface area contributed by atoms with E-state index in [-0.39, 0.29) is 6.04 Å². The average Bonchev–Trinajstić information content (AvgIpc) is 2.62. The van der Waals surface area contributed by atoms with Gasteiger partial charge < -0.3 is 15.7 Å². The van der Waals surface area contributed by atoms with E-state index in [9.17, 15) is 4.79 Å². The summed E-state index contributed by atoms with van der Waals surface area (Å²) in [5, 5.41) is 9.09. The fraction of sp³-hybridized carbons (Fsp3) is 0.381. The third-order valence-corrected chi connectivity index (χ3v) is 4.65. The lowest BCUT2D eigenvalue weighted by Gasteiger charge is -2.22. The van der Waals surface area contributed by atoms with Crippen molar-refractivity contribution in [3.63, 3.8) is 0 Å². The van der Waals surface area contributed by atoms with E-state index in [2.05, 4.69) is 58.4 Å². The molecule has 0 spiro atoms. The molecule has 0 fully saturated rings. The van der Waals surface area contributed by atoms with E-state index in [1.807, 2.05) is 28.2 Å². The molecule has 1 atom stereocenters. The lowest BCUT2D eigenvalue weighted by molar-refractivity contribution is -0.138. The van der Waals surface area contributed by atoms with Crippen LogP contribution < -0.4 is 10.6 Å². The smallest absolute Gasteiger partial charge is 0.320 e. The first kappa shape index (κ1) is 19.9. The van der Waals surface area contributed by atoms with E-state index in [0.717, 1.165) is 22.4 Å². The number of benzene rings is 1. The zero-order valence-corrected chi connectivity index (χ0v) is 16.0. The number of hydrogen-bond acceptors (Lipinski definition) is 4. The number of nitrogens with two attached hydrogens (primary N) is 1. The van der Waals surface area contributed by atoms with Gasteiger partial charge in [0.1, 0.15) is 6.04 Å². The SMILES string of the molecule is CN(C)c1ccc(C(CC[C@H](N)C(=O)O)=C2C=CC(N(C)C)C=C2)cc1. The second kappa shape index (κ2) is 8.83. The maximum Gasteiger partial charge on any atom is 0.320 e. The van der Waals surface area contributed by atoms with Crippen molar-refractivity contribution in [1.29, 1.82) is 0 Å². The Bertz CT molecular complexity index is 699. The van der Waals surface area contributed by atoms with Gasteiger partial charge in [-0.05, 0) is 55.8 Å². The Balaban J connectivity index is 2.33. The van der Waals surface area contributed by atoms with Crippen LogP contribution in [0, 0.1) is 0 Å². The molecule has 0 aliphatic heterocycles. The summed E-state index contributed by atoms with van der Waals surface area (Å²) >= 11 is 0. The number of nitrogens with zero attached hydrogens (tertiary/aromatic N) is 2. The van der Waals surface area contributed by atoms with E-state index in [0.29, 0.717) is 12.8 Å². The molecule has 5 nitrogen and oxygen atoms in total. The first-order valence-electron chi connectivity index (χ1n) is 8.81. The minimum Gasteiger partial charge on any atom is -0.480 e. The number of carboxylic acids is 1. The number of carboxylic acid groups (broad SMARTS) is 1. The molecule has 26 heavy (non-hydrogen) atoms. The lowest BCUT2D eigenvalue weighted by atomic mass is 9.91. The Hall–Kier alpha value is -2.37. The summed E-state index contributed by atoms with van der Waals surface area (Å²) in [5.74, 6) is -0.959. The van der Waals surface area contributed by atoms with E-state index in [1.54, 1.807) is 0 Å². The molecule has 3 N–H and O–H groups in total. The number of carbonyl (C=O) groups is 1. The van der Waals surface area contributed by atoms with Gasteiger partial charge in [0.25, 0.3) is 0 Å². The van der Waals surface area contributed by atoms with Gasteiger partial charge >= 0.3 is 5.97 Å². The molecule has 0 amide bonds. The first-order valence-corrected chi connectivity index (χ1v) is 8.81. The molecule has 0 saturated heterocycles. The molecular weight excluding hydrogens is 326 g/mol. The topological polar surface area (TPSA) is 69.8 Å². The molecule has 0 saturated carbocycles. The summed E-state index contributed by atoms with van der Waals surface area (Å²) in [4.78, 5) is 15.3. The zero-order chi connectivity index (χ0) is 19.3. The van der Waals surface area contributed by atoms with Gasteiger partial charge in [-0.2, -0.15) is 0 Å². The van der Waals surface area contributed by atoms with Crippen LogP contribution in [0.3, 0.4) is 0 Å². The Labute approximate surface area is 156 Å². The summed E-state index contributed by atoms with van der Waals surface area (Å²) < 4.78 is 0. The number of hydrogen-bond donors (Lipinski definition) is 2. The van der Waals surface area contributed by atoms with Crippen LogP contribution >= 0.6 is 0 Å². The highest BCUT2D eigenvalue weighted by Gasteiger charge is 2.16. The second-order valence-corrected chi connectivity index (χ2v) is 7.03. The van der Waals surface area contributed by atoms with Gasteiger partial charge in [-0.3, -0.25) is 9.69 Å². The lowest BCUT2D eigenvalue weighted by Crippen LogP contribution is -2.29. The fourth-order valence-corrected chi connectivity index (χ4v) is 2.91. The zero-order valence-electron chi connectivity index (χ0n) is 16.0. The van der Waals surface area contributed by atoms with Crippen LogP contribution in [0.5, 0.6) is 0 Å². The molecule has 0 unspecified atom stereocenters. The average molecular weight is 355 g/mol. The molecule has 0 heterocycles. The second-order valence-electron chi connectivity index (χ2n) is 7.03. The normalized spacial score (nSPS) is 17.5. The van der Waals surface area contributed by atoms with Gasteiger partial charge in [0.15, 0.2) is 0 Å². The molecule has 2 rings (SSSR count). The van der Waals surface area contributed by atoms with Crippen molar-refractivity contribution in [3.05, 3.63) is 59.7 Å². The number of rotatable bonds is 7. The minimum absolute atomic E-state index is 0.275. The first-order chi connectivity index (χ1) is 12.3. The summed E-state index contributed by atoms with van der Waals surface area (Å²) in [6, 6.07) is 7.75. The standard InChI is InChI=1S/C21H29N3O2/c1-23(2)17-9-5-15(6-10-17)19(13-14-20(22)21(25)26)16-7-11-18(12-8-16)24(3)4/h5-12,17,20H,13-14,22H2,1-4H3,(H,25,26)/t17?,20-/m0/s1. The number of allylic oxidation sites excluding steroid dienone is 4. The van der Waals surface area contributed by atoms with Crippen molar-refractivity contribution >= 4 is 17.2 Å². The van der Waals surface area contributed by atoms with Crippen LogP contribution in [0.1, 0.15) is 18.4 Å². The number of likely N-dealkylation sites (N-methyl/N-ethyl adjacent to an activating group) is 1. The molecule has 1 aliphatic carbocycles. The Kier molecular flexibility index (Phi) is 6.77. The van der Waals surface area contributed by atoms with Crippen LogP contribution in [0.15, 0.2) is 54.1 Å². The van der Waals surface area contributed by atoms with Gasteiger partial charge in [-0.1, -0.05) is 36.4 Å². The molecular formula is C21H29N3O2.